The van der Waals surface area contributed by atoms with Crippen molar-refractivity contribution in [2.45, 2.75) is 37.5 Å². The van der Waals surface area contributed by atoms with Crippen LogP contribution in [0.5, 0.6) is 5.75 Å². The van der Waals surface area contributed by atoms with E-state index >= 15 is 4.39 Å². The number of para-hydroxylation sites is 1. The van der Waals surface area contributed by atoms with E-state index < -0.39 is 40.1 Å². The van der Waals surface area contributed by atoms with E-state index in [1.54, 1.807) is 36.4 Å². The quantitative estimate of drug-likeness (QED) is 0.752. The normalized spacial score (nSPS) is 23.9. The SMILES string of the molecule is O=C1CCOc2ccccc2-c2cccc(c2F)CC2C(NS(=O)(=O)CF)C(F)CCN12. The fraction of sp³-hybridized carbons (Fsp3) is 0.409. The maximum atomic E-state index is 15.6. The molecule has 172 valence electrons. The van der Waals surface area contributed by atoms with E-state index in [1.165, 1.54) is 11.0 Å². The van der Waals surface area contributed by atoms with Gasteiger partial charge in [-0.3, -0.25) is 4.79 Å². The highest BCUT2D eigenvalue weighted by Gasteiger charge is 2.42. The van der Waals surface area contributed by atoms with Crippen molar-refractivity contribution in [2.24, 2.45) is 0 Å². The Balaban J connectivity index is 1.81. The van der Waals surface area contributed by atoms with Crippen LogP contribution in [0.3, 0.4) is 0 Å². The second-order valence-electron chi connectivity index (χ2n) is 7.90. The summed E-state index contributed by atoms with van der Waals surface area (Å²) in [6.07, 6.45) is -1.93. The molecule has 3 unspecified atom stereocenters. The minimum Gasteiger partial charge on any atom is -0.492 e. The summed E-state index contributed by atoms with van der Waals surface area (Å²) in [7, 11) is -4.40. The number of alkyl halides is 2. The van der Waals surface area contributed by atoms with Crippen LogP contribution in [0.1, 0.15) is 18.4 Å². The molecule has 2 aliphatic heterocycles. The van der Waals surface area contributed by atoms with Gasteiger partial charge in [-0.1, -0.05) is 36.4 Å². The van der Waals surface area contributed by atoms with Crippen LogP contribution in [0.2, 0.25) is 0 Å². The summed E-state index contributed by atoms with van der Waals surface area (Å²) in [5.74, 6) is -0.505. The van der Waals surface area contributed by atoms with Crippen LogP contribution < -0.4 is 9.46 Å². The number of halogens is 3. The van der Waals surface area contributed by atoms with Gasteiger partial charge >= 0.3 is 0 Å². The smallest absolute Gasteiger partial charge is 0.241 e. The lowest BCUT2D eigenvalue weighted by Crippen LogP contribution is -2.62. The molecular weight excluding hydrogens is 445 g/mol. The average Bonchev–Trinajstić information content (AvgIpc) is 2.77. The number of nitrogens with zero attached hydrogens (tertiary/aromatic N) is 1. The third-order valence-corrected chi connectivity index (χ3v) is 6.81. The number of amides is 1. The predicted octanol–water partition coefficient (Wildman–Crippen LogP) is 2.97. The van der Waals surface area contributed by atoms with Crippen molar-refractivity contribution in [3.05, 3.63) is 53.8 Å². The van der Waals surface area contributed by atoms with Gasteiger partial charge in [0.15, 0.2) is 0 Å². The lowest BCUT2D eigenvalue weighted by Gasteiger charge is -2.43. The molecule has 0 aliphatic carbocycles. The van der Waals surface area contributed by atoms with E-state index in [0.717, 1.165) is 0 Å². The van der Waals surface area contributed by atoms with Crippen molar-refractivity contribution in [1.29, 1.82) is 0 Å². The van der Waals surface area contributed by atoms with E-state index in [1.807, 2.05) is 4.72 Å². The molecule has 2 heterocycles. The molecule has 6 nitrogen and oxygen atoms in total. The van der Waals surface area contributed by atoms with Gasteiger partial charge in [-0.05, 0) is 24.5 Å². The van der Waals surface area contributed by atoms with E-state index in [9.17, 15) is 22.0 Å². The lowest BCUT2D eigenvalue weighted by molar-refractivity contribution is -0.137. The molecule has 1 N–H and O–H groups in total. The van der Waals surface area contributed by atoms with Gasteiger partial charge in [-0.25, -0.2) is 26.3 Å². The van der Waals surface area contributed by atoms with Crippen molar-refractivity contribution in [3.63, 3.8) is 0 Å². The minimum absolute atomic E-state index is 0.0142. The maximum Gasteiger partial charge on any atom is 0.241 e. The molecule has 2 bridgehead atoms. The molecule has 32 heavy (non-hydrogen) atoms. The summed E-state index contributed by atoms with van der Waals surface area (Å²) in [6.45, 7) is 0.0523. The summed E-state index contributed by atoms with van der Waals surface area (Å²) in [4.78, 5) is 14.3. The third kappa shape index (κ3) is 4.47. The number of hydrogen-bond donors (Lipinski definition) is 1. The maximum absolute atomic E-state index is 15.6. The molecule has 2 aromatic carbocycles. The first-order valence-corrected chi connectivity index (χ1v) is 11.9. The van der Waals surface area contributed by atoms with E-state index in [4.69, 9.17) is 4.74 Å². The number of nitrogens with one attached hydrogen (secondary N) is 1. The van der Waals surface area contributed by atoms with Crippen LogP contribution in [0.4, 0.5) is 13.2 Å². The van der Waals surface area contributed by atoms with Gasteiger partial charge in [0.25, 0.3) is 0 Å². The van der Waals surface area contributed by atoms with Crippen LogP contribution >= 0.6 is 0 Å². The molecule has 0 saturated carbocycles. The summed E-state index contributed by atoms with van der Waals surface area (Å²) in [5.41, 5.74) is 0.989. The van der Waals surface area contributed by atoms with Crippen molar-refractivity contribution >= 4 is 15.9 Å². The molecule has 0 radical (unpaired) electrons. The molecule has 2 aromatic rings. The highest BCUT2D eigenvalue weighted by Crippen LogP contribution is 2.35. The van der Waals surface area contributed by atoms with Gasteiger partial charge in [0.1, 0.15) is 17.7 Å². The molecule has 3 atom stereocenters. The van der Waals surface area contributed by atoms with E-state index in [-0.39, 0.29) is 49.4 Å². The molecule has 4 rings (SSSR count). The topological polar surface area (TPSA) is 75.7 Å². The monoisotopic (exact) mass is 468 g/mol. The molecule has 10 heteroatoms. The fourth-order valence-electron chi connectivity index (χ4n) is 4.36. The zero-order chi connectivity index (χ0) is 22.9. The second-order valence-corrected chi connectivity index (χ2v) is 9.59. The van der Waals surface area contributed by atoms with Gasteiger partial charge in [-0.2, -0.15) is 0 Å². The fourth-order valence-corrected chi connectivity index (χ4v) is 5.14. The zero-order valence-corrected chi connectivity index (χ0v) is 18.0. The summed E-state index contributed by atoms with van der Waals surface area (Å²) in [6, 6.07) is 7.49. The second kappa shape index (κ2) is 9.11. The van der Waals surface area contributed by atoms with Gasteiger partial charge in [0.2, 0.25) is 21.9 Å². The molecule has 0 spiro atoms. The zero-order valence-electron chi connectivity index (χ0n) is 17.1. The number of sulfonamides is 1. The molecule has 1 fully saturated rings. The number of rotatable bonds is 3. The molecule has 0 aromatic heterocycles. The Labute approximate surface area is 184 Å². The number of carbonyl (C=O) groups excluding carboxylic acids is 1. The number of fused-ring (bicyclic) bond motifs is 5. The van der Waals surface area contributed by atoms with Crippen LogP contribution in [0, 0.1) is 5.82 Å². The first-order chi connectivity index (χ1) is 15.3. The number of piperidine rings is 1. The highest BCUT2D eigenvalue weighted by molar-refractivity contribution is 7.89. The first kappa shape index (κ1) is 22.6. The Bertz CT molecular complexity index is 1110. The van der Waals surface area contributed by atoms with Gasteiger partial charge < -0.3 is 9.64 Å². The van der Waals surface area contributed by atoms with Crippen molar-refractivity contribution in [3.8, 4) is 16.9 Å². The number of hydrogen-bond acceptors (Lipinski definition) is 4. The Kier molecular flexibility index (Phi) is 6.43. The Morgan fingerprint density at radius 1 is 1.12 bits per heavy atom. The average molecular weight is 468 g/mol. The van der Waals surface area contributed by atoms with Crippen LogP contribution in [-0.4, -0.2) is 56.6 Å². The van der Waals surface area contributed by atoms with Crippen molar-refractivity contribution in [2.75, 3.05) is 19.2 Å². The van der Waals surface area contributed by atoms with Crippen LogP contribution in [0.15, 0.2) is 42.5 Å². The lowest BCUT2D eigenvalue weighted by atomic mass is 9.88. The molecule has 2 aliphatic rings. The summed E-state index contributed by atoms with van der Waals surface area (Å²) in [5, 5.41) is 0. The van der Waals surface area contributed by atoms with Gasteiger partial charge in [0.05, 0.1) is 25.1 Å². The Morgan fingerprint density at radius 2 is 1.88 bits per heavy atom. The third-order valence-electron chi connectivity index (χ3n) is 5.89. The Hall–Kier alpha value is -2.59. The van der Waals surface area contributed by atoms with E-state index in [0.29, 0.717) is 11.3 Å². The van der Waals surface area contributed by atoms with Crippen molar-refractivity contribution < 1.29 is 31.1 Å². The predicted molar refractivity (Wildman–Crippen MR) is 112 cm³/mol. The number of benzene rings is 2. The van der Waals surface area contributed by atoms with Crippen molar-refractivity contribution in [1.82, 2.24) is 9.62 Å². The van der Waals surface area contributed by atoms with Gasteiger partial charge in [0, 0.05) is 17.7 Å². The highest BCUT2D eigenvalue weighted by atomic mass is 32.2. The van der Waals surface area contributed by atoms with Crippen LogP contribution in [-0.2, 0) is 21.2 Å². The summed E-state index contributed by atoms with van der Waals surface area (Å²) < 4.78 is 74.9. The molecular formula is C22H23F3N2O4S. The Morgan fingerprint density at radius 3 is 2.66 bits per heavy atom. The van der Waals surface area contributed by atoms with Crippen LogP contribution in [0.25, 0.3) is 11.1 Å². The van der Waals surface area contributed by atoms with E-state index in [2.05, 4.69) is 0 Å². The molecule has 1 amide bonds. The van der Waals surface area contributed by atoms with Gasteiger partial charge in [-0.15, -0.1) is 0 Å². The standard InChI is InChI=1S/C22H23F3N2O4S/c23-13-32(29,30)26-22-17(24)8-10-27-18(22)12-14-4-3-6-16(21(14)25)15-5-1-2-7-19(15)31-11-9-20(27)28/h1-7,17-18,22,26H,8-13H2. The number of ether oxygens (including phenoxy) is 1. The summed E-state index contributed by atoms with van der Waals surface area (Å²) >= 11 is 0. The first-order valence-electron chi connectivity index (χ1n) is 10.3. The number of carbonyl (C=O) groups is 1. The minimum atomic E-state index is -4.40. The largest absolute Gasteiger partial charge is 0.492 e. The molecule has 1 saturated heterocycles.